The number of hydrogen-bond donors (Lipinski definition) is 0. The van der Waals surface area contributed by atoms with Gasteiger partial charge in [-0.15, -0.1) is 0 Å². The topological polar surface area (TPSA) is 3.24 Å². The number of allylic oxidation sites excluding steroid dienone is 4. The summed E-state index contributed by atoms with van der Waals surface area (Å²) in [6.45, 7) is 1.08. The van der Waals surface area contributed by atoms with Crippen LogP contribution in [0, 0.1) is 17.7 Å². The lowest BCUT2D eigenvalue weighted by Gasteiger charge is -2.51. The summed E-state index contributed by atoms with van der Waals surface area (Å²) in [5.41, 5.74) is 5.74. The number of benzene rings is 3. The molecule has 0 spiro atoms. The third-order valence-corrected chi connectivity index (χ3v) is 7.96. The molecule has 30 heavy (non-hydrogen) atoms. The van der Waals surface area contributed by atoms with Crippen LogP contribution in [0.5, 0.6) is 0 Å². The van der Waals surface area contributed by atoms with Crippen LogP contribution < -0.4 is 4.90 Å². The summed E-state index contributed by atoms with van der Waals surface area (Å²) in [6.07, 6.45) is 11.9. The molecule has 7 rings (SSSR count). The van der Waals surface area contributed by atoms with Gasteiger partial charge in [-0.2, -0.15) is 0 Å². The number of fused-ring (bicyclic) bond motifs is 6. The summed E-state index contributed by atoms with van der Waals surface area (Å²) in [7, 11) is 0. The summed E-state index contributed by atoms with van der Waals surface area (Å²) in [5.74, 6) is 1.95. The van der Waals surface area contributed by atoms with Crippen molar-refractivity contribution in [3.05, 3.63) is 101 Å². The van der Waals surface area contributed by atoms with E-state index in [-0.39, 0.29) is 5.82 Å². The van der Waals surface area contributed by atoms with Crippen molar-refractivity contribution in [1.29, 1.82) is 0 Å². The highest BCUT2D eigenvalue weighted by atomic mass is 19.1. The molecule has 0 unspecified atom stereocenters. The molecular weight excluding hydrogens is 369 g/mol. The number of anilines is 1. The highest BCUT2D eigenvalue weighted by molar-refractivity contribution is 5.94. The van der Waals surface area contributed by atoms with Gasteiger partial charge < -0.3 is 4.90 Å². The summed E-state index contributed by atoms with van der Waals surface area (Å²) >= 11 is 0. The van der Waals surface area contributed by atoms with Crippen LogP contribution in [0.3, 0.4) is 0 Å². The fourth-order valence-electron chi connectivity index (χ4n) is 6.77. The third kappa shape index (κ3) is 2.17. The van der Waals surface area contributed by atoms with E-state index >= 15 is 0 Å². The summed E-state index contributed by atoms with van der Waals surface area (Å²) in [4.78, 5) is 2.70. The first kappa shape index (κ1) is 16.9. The van der Waals surface area contributed by atoms with Crippen LogP contribution >= 0.6 is 0 Å². The van der Waals surface area contributed by atoms with Crippen LogP contribution in [0.25, 0.3) is 10.8 Å². The average Bonchev–Trinajstić information content (AvgIpc) is 3.44. The van der Waals surface area contributed by atoms with Crippen molar-refractivity contribution >= 4 is 16.5 Å². The Labute approximate surface area is 176 Å². The maximum absolute atomic E-state index is 13.7. The molecule has 3 aromatic carbocycles. The third-order valence-electron chi connectivity index (χ3n) is 7.96. The molecule has 1 nitrogen and oxygen atoms in total. The van der Waals surface area contributed by atoms with E-state index < -0.39 is 0 Å². The lowest BCUT2D eigenvalue weighted by Crippen LogP contribution is -2.46. The Balaban J connectivity index is 1.54. The number of hydrogen-bond acceptors (Lipinski definition) is 1. The van der Waals surface area contributed by atoms with E-state index in [0.29, 0.717) is 29.7 Å². The van der Waals surface area contributed by atoms with Gasteiger partial charge in [0.05, 0.1) is 6.04 Å². The molecule has 148 valence electrons. The van der Waals surface area contributed by atoms with Gasteiger partial charge >= 0.3 is 0 Å². The van der Waals surface area contributed by atoms with Gasteiger partial charge in [0.2, 0.25) is 0 Å². The van der Waals surface area contributed by atoms with Crippen molar-refractivity contribution < 1.29 is 4.39 Å². The maximum Gasteiger partial charge on any atom is 0.123 e. The van der Waals surface area contributed by atoms with E-state index in [1.165, 1.54) is 33.2 Å². The Kier molecular flexibility index (Phi) is 3.42. The molecule has 0 N–H and O–H groups in total. The fraction of sp³-hybridized carbons (Fsp3) is 0.286. The molecular formula is C28H24FN. The van der Waals surface area contributed by atoms with Crippen molar-refractivity contribution in [3.8, 4) is 0 Å². The molecule has 2 aliphatic heterocycles. The van der Waals surface area contributed by atoms with Crippen LogP contribution in [-0.4, -0.2) is 6.54 Å². The van der Waals surface area contributed by atoms with Crippen molar-refractivity contribution in [3.63, 3.8) is 0 Å². The largest absolute Gasteiger partial charge is 0.363 e. The minimum absolute atomic E-state index is 0.151. The second-order valence-electron chi connectivity index (χ2n) is 9.40. The molecule has 2 aliphatic carbocycles. The van der Waals surface area contributed by atoms with Crippen molar-refractivity contribution in [1.82, 2.24) is 0 Å². The zero-order chi connectivity index (χ0) is 19.8. The first-order chi connectivity index (χ1) is 14.8. The van der Waals surface area contributed by atoms with E-state index in [4.69, 9.17) is 0 Å². The van der Waals surface area contributed by atoms with Crippen LogP contribution in [-0.2, 0) is 0 Å². The van der Waals surface area contributed by atoms with E-state index in [9.17, 15) is 4.39 Å². The smallest absolute Gasteiger partial charge is 0.123 e. The minimum atomic E-state index is -0.151. The van der Waals surface area contributed by atoms with Crippen LogP contribution in [0.1, 0.15) is 47.4 Å². The molecule has 4 aliphatic rings. The maximum atomic E-state index is 13.7. The predicted molar refractivity (Wildman–Crippen MR) is 120 cm³/mol. The van der Waals surface area contributed by atoms with Gasteiger partial charge in [0.25, 0.3) is 0 Å². The van der Waals surface area contributed by atoms with Gasteiger partial charge in [0, 0.05) is 24.1 Å². The average molecular weight is 394 g/mol. The Bertz CT molecular complexity index is 1220. The molecule has 3 aromatic rings. The van der Waals surface area contributed by atoms with Gasteiger partial charge in [-0.3, -0.25) is 0 Å². The zero-order valence-electron chi connectivity index (χ0n) is 16.8. The first-order valence-electron chi connectivity index (χ1n) is 11.2. The van der Waals surface area contributed by atoms with Crippen LogP contribution in [0.15, 0.2) is 78.9 Å². The Morgan fingerprint density at radius 1 is 0.867 bits per heavy atom. The quantitative estimate of drug-likeness (QED) is 0.408. The Morgan fingerprint density at radius 3 is 2.57 bits per heavy atom. The molecule has 5 atom stereocenters. The second kappa shape index (κ2) is 6.07. The standard InChI is InChI=1S/C28H24FN/c29-20-13-11-17(12-14-20)27-24-10-4-9-23(24)26-22-7-2-1-5-18(22)15-25-21-8-3-6-19(21)16-30(27)28(25)26/h1-5,7-9,11-15,19,21,23-24,27H,6,10,16H2/t19-,21+,23-,24+,27+/m1/s1. The molecule has 0 fully saturated rings. The van der Waals surface area contributed by atoms with E-state index in [1.54, 1.807) is 12.1 Å². The fourth-order valence-corrected chi connectivity index (χ4v) is 6.77. The first-order valence-corrected chi connectivity index (χ1v) is 11.2. The van der Waals surface area contributed by atoms with Crippen molar-refractivity contribution in [2.75, 3.05) is 11.4 Å². The van der Waals surface area contributed by atoms with Gasteiger partial charge in [0.15, 0.2) is 0 Å². The normalized spacial score (nSPS) is 30.4. The molecule has 0 amide bonds. The molecule has 0 saturated heterocycles. The van der Waals surface area contributed by atoms with Gasteiger partial charge in [-0.1, -0.05) is 60.7 Å². The lowest BCUT2D eigenvalue weighted by molar-refractivity contribution is 0.336. The van der Waals surface area contributed by atoms with Crippen LogP contribution in [0.2, 0.25) is 0 Å². The summed E-state index contributed by atoms with van der Waals surface area (Å²) in [6, 6.07) is 19.0. The number of halogens is 1. The number of rotatable bonds is 1. The zero-order valence-corrected chi connectivity index (χ0v) is 16.8. The van der Waals surface area contributed by atoms with E-state index in [0.717, 1.165) is 19.4 Å². The van der Waals surface area contributed by atoms with Crippen molar-refractivity contribution in [2.45, 2.75) is 30.7 Å². The summed E-state index contributed by atoms with van der Waals surface area (Å²) < 4.78 is 13.7. The second-order valence-corrected chi connectivity index (χ2v) is 9.40. The van der Waals surface area contributed by atoms with Crippen LogP contribution in [0.4, 0.5) is 10.1 Å². The molecule has 0 radical (unpaired) electrons. The SMILES string of the molecule is Fc1ccc([C@H]2[C@H]3CC=C[C@H]3c3c4c(cc5ccccc35)[C@H]3C=CC[C@@H]3CN42)cc1. The lowest BCUT2D eigenvalue weighted by atomic mass is 9.69. The minimum Gasteiger partial charge on any atom is -0.363 e. The summed E-state index contributed by atoms with van der Waals surface area (Å²) in [5, 5.41) is 2.77. The highest BCUT2D eigenvalue weighted by Gasteiger charge is 2.48. The van der Waals surface area contributed by atoms with Gasteiger partial charge in [0.1, 0.15) is 5.82 Å². The van der Waals surface area contributed by atoms with Crippen molar-refractivity contribution in [2.24, 2.45) is 11.8 Å². The predicted octanol–water partition coefficient (Wildman–Crippen LogP) is 6.87. The molecule has 0 saturated carbocycles. The Morgan fingerprint density at radius 2 is 1.67 bits per heavy atom. The highest BCUT2D eigenvalue weighted by Crippen LogP contribution is 2.60. The van der Waals surface area contributed by atoms with E-state index in [1.807, 2.05) is 12.1 Å². The monoisotopic (exact) mass is 393 g/mol. The molecule has 0 aromatic heterocycles. The number of nitrogens with zero attached hydrogens (tertiary/aromatic N) is 1. The molecule has 0 bridgehead atoms. The molecule has 2 heteroatoms. The van der Waals surface area contributed by atoms with Gasteiger partial charge in [-0.25, -0.2) is 4.39 Å². The van der Waals surface area contributed by atoms with Gasteiger partial charge in [-0.05, 0) is 70.3 Å². The molecule has 2 heterocycles. The Hall–Kier alpha value is -2.87. The van der Waals surface area contributed by atoms with E-state index in [2.05, 4.69) is 59.5 Å².